The van der Waals surface area contributed by atoms with Crippen LogP contribution in [0, 0.1) is 0 Å². The first-order chi connectivity index (χ1) is 12.7. The second kappa shape index (κ2) is 14.0. The highest BCUT2D eigenvalue weighted by molar-refractivity contribution is 14.0. The summed E-state index contributed by atoms with van der Waals surface area (Å²) in [6.45, 7) is 13.2. The largest absolute Gasteiger partial charge is 0.379 e. The van der Waals surface area contributed by atoms with Gasteiger partial charge in [0.05, 0.1) is 19.8 Å². The van der Waals surface area contributed by atoms with Gasteiger partial charge in [0.1, 0.15) is 0 Å². The topological polar surface area (TPSA) is 40.1 Å². The van der Waals surface area contributed by atoms with Crippen molar-refractivity contribution in [3.63, 3.8) is 0 Å². The summed E-state index contributed by atoms with van der Waals surface area (Å²) in [7, 11) is 2.10. The van der Waals surface area contributed by atoms with Gasteiger partial charge in [-0.05, 0) is 30.9 Å². The number of allylic oxidation sites excluding steroid dienone is 1. The lowest BCUT2D eigenvalue weighted by Gasteiger charge is -2.26. The van der Waals surface area contributed by atoms with Crippen molar-refractivity contribution in [3.8, 4) is 0 Å². The lowest BCUT2D eigenvalue weighted by molar-refractivity contribution is 0.0342. The molecule has 1 aliphatic rings. The molecule has 1 aromatic carbocycles. The molecule has 1 aliphatic heterocycles. The Bertz CT molecular complexity index is 573. The van der Waals surface area contributed by atoms with Gasteiger partial charge in [-0.25, -0.2) is 4.99 Å². The number of unbranched alkanes of at least 4 members (excludes halogenated alkanes) is 1. The first kappa shape index (κ1) is 23.9. The quantitative estimate of drug-likeness (QED) is 0.191. The molecular formula is C21H35IN4O. The average Bonchev–Trinajstić information content (AvgIpc) is 2.66. The Morgan fingerprint density at radius 2 is 2.07 bits per heavy atom. The van der Waals surface area contributed by atoms with Gasteiger partial charge in [-0.15, -0.1) is 30.6 Å². The Balaban J connectivity index is 0.00000364. The minimum absolute atomic E-state index is 0. The van der Waals surface area contributed by atoms with E-state index in [1.807, 2.05) is 6.08 Å². The van der Waals surface area contributed by atoms with Gasteiger partial charge in [0, 0.05) is 39.8 Å². The van der Waals surface area contributed by atoms with Crippen LogP contribution in [0.3, 0.4) is 0 Å². The zero-order chi connectivity index (χ0) is 18.6. The minimum Gasteiger partial charge on any atom is -0.379 e. The van der Waals surface area contributed by atoms with E-state index in [0.717, 1.165) is 64.7 Å². The fourth-order valence-corrected chi connectivity index (χ4v) is 3.06. The number of nitrogens with zero attached hydrogens (tertiary/aromatic N) is 3. The smallest absolute Gasteiger partial charge is 0.193 e. The predicted molar refractivity (Wildman–Crippen MR) is 125 cm³/mol. The summed E-state index contributed by atoms with van der Waals surface area (Å²) < 4.78 is 5.43. The highest BCUT2D eigenvalue weighted by Crippen LogP contribution is 2.11. The van der Waals surface area contributed by atoms with E-state index in [1.54, 1.807) is 0 Å². The molecule has 5 nitrogen and oxygen atoms in total. The van der Waals surface area contributed by atoms with Crippen molar-refractivity contribution in [2.75, 3.05) is 46.4 Å². The van der Waals surface area contributed by atoms with Crippen molar-refractivity contribution in [1.29, 1.82) is 0 Å². The SMILES string of the molecule is C=CCCCN(C)C(=NCc1cccc(CN2CCOCC2)c1)NCC.I. The zero-order valence-electron chi connectivity index (χ0n) is 16.8. The van der Waals surface area contributed by atoms with Crippen LogP contribution in [0.2, 0.25) is 0 Å². The van der Waals surface area contributed by atoms with E-state index < -0.39 is 0 Å². The molecule has 0 atom stereocenters. The van der Waals surface area contributed by atoms with Crippen molar-refractivity contribution >= 4 is 29.9 Å². The van der Waals surface area contributed by atoms with E-state index in [0.29, 0.717) is 6.54 Å². The molecule has 152 valence electrons. The number of hydrogen-bond donors (Lipinski definition) is 1. The van der Waals surface area contributed by atoms with Gasteiger partial charge < -0.3 is 15.0 Å². The van der Waals surface area contributed by atoms with Crippen molar-refractivity contribution in [3.05, 3.63) is 48.0 Å². The Morgan fingerprint density at radius 3 is 2.78 bits per heavy atom. The molecule has 0 aromatic heterocycles. The lowest BCUT2D eigenvalue weighted by atomic mass is 10.1. The van der Waals surface area contributed by atoms with Gasteiger partial charge >= 0.3 is 0 Å². The van der Waals surface area contributed by atoms with Gasteiger partial charge in [-0.1, -0.05) is 30.3 Å². The van der Waals surface area contributed by atoms with Gasteiger partial charge in [0.25, 0.3) is 0 Å². The second-order valence-corrected chi connectivity index (χ2v) is 6.73. The second-order valence-electron chi connectivity index (χ2n) is 6.73. The molecule has 6 heteroatoms. The summed E-state index contributed by atoms with van der Waals surface area (Å²) in [6, 6.07) is 8.78. The Hall–Kier alpha value is -1.12. The summed E-state index contributed by atoms with van der Waals surface area (Å²) in [6.07, 6.45) is 4.10. The number of rotatable bonds is 9. The number of nitrogens with one attached hydrogen (secondary N) is 1. The lowest BCUT2D eigenvalue weighted by Crippen LogP contribution is -2.39. The molecule has 0 amide bonds. The molecule has 0 bridgehead atoms. The molecule has 0 unspecified atom stereocenters. The van der Waals surface area contributed by atoms with Crippen LogP contribution in [0.1, 0.15) is 30.9 Å². The van der Waals surface area contributed by atoms with Crippen LogP contribution < -0.4 is 5.32 Å². The van der Waals surface area contributed by atoms with Crippen LogP contribution >= 0.6 is 24.0 Å². The van der Waals surface area contributed by atoms with Crippen LogP contribution in [-0.4, -0.2) is 62.2 Å². The van der Waals surface area contributed by atoms with Crippen LogP contribution in [0.5, 0.6) is 0 Å². The first-order valence-electron chi connectivity index (χ1n) is 9.71. The molecular weight excluding hydrogens is 451 g/mol. The summed E-state index contributed by atoms with van der Waals surface area (Å²) >= 11 is 0. The molecule has 0 spiro atoms. The van der Waals surface area contributed by atoms with E-state index in [-0.39, 0.29) is 24.0 Å². The van der Waals surface area contributed by atoms with E-state index in [2.05, 4.69) is 59.9 Å². The van der Waals surface area contributed by atoms with Crippen molar-refractivity contribution < 1.29 is 4.74 Å². The number of hydrogen-bond acceptors (Lipinski definition) is 3. The van der Waals surface area contributed by atoms with Crippen molar-refractivity contribution in [2.24, 2.45) is 4.99 Å². The fourth-order valence-electron chi connectivity index (χ4n) is 3.06. The maximum atomic E-state index is 5.43. The molecule has 0 saturated carbocycles. The number of ether oxygens (including phenoxy) is 1. The van der Waals surface area contributed by atoms with Crippen LogP contribution in [-0.2, 0) is 17.8 Å². The Labute approximate surface area is 181 Å². The van der Waals surface area contributed by atoms with E-state index in [1.165, 1.54) is 11.1 Å². The molecule has 0 aliphatic carbocycles. The predicted octanol–water partition coefficient (Wildman–Crippen LogP) is 3.50. The monoisotopic (exact) mass is 486 g/mol. The first-order valence-corrected chi connectivity index (χ1v) is 9.71. The molecule has 0 radical (unpaired) electrons. The third kappa shape index (κ3) is 9.08. The van der Waals surface area contributed by atoms with E-state index >= 15 is 0 Å². The third-order valence-electron chi connectivity index (χ3n) is 4.51. The van der Waals surface area contributed by atoms with Crippen molar-refractivity contribution in [2.45, 2.75) is 32.9 Å². The van der Waals surface area contributed by atoms with E-state index in [9.17, 15) is 0 Å². The van der Waals surface area contributed by atoms with Gasteiger partial charge in [0.15, 0.2) is 5.96 Å². The zero-order valence-corrected chi connectivity index (χ0v) is 19.2. The summed E-state index contributed by atoms with van der Waals surface area (Å²) in [5.74, 6) is 0.968. The molecule has 1 saturated heterocycles. The number of guanidine groups is 1. The summed E-state index contributed by atoms with van der Waals surface area (Å²) in [4.78, 5) is 9.47. The molecule has 27 heavy (non-hydrogen) atoms. The highest BCUT2D eigenvalue weighted by atomic mass is 127. The number of halogens is 1. The number of morpholine rings is 1. The molecule has 1 aromatic rings. The van der Waals surface area contributed by atoms with Gasteiger partial charge in [-0.3, -0.25) is 4.90 Å². The van der Waals surface area contributed by atoms with E-state index in [4.69, 9.17) is 9.73 Å². The fraction of sp³-hybridized carbons (Fsp3) is 0.571. The maximum absolute atomic E-state index is 5.43. The van der Waals surface area contributed by atoms with Crippen LogP contribution in [0.25, 0.3) is 0 Å². The number of aliphatic imine (C=N–C) groups is 1. The Kier molecular flexibility index (Phi) is 12.4. The normalized spacial score (nSPS) is 15.1. The summed E-state index contributed by atoms with van der Waals surface area (Å²) in [5, 5.41) is 3.39. The van der Waals surface area contributed by atoms with Crippen LogP contribution in [0.15, 0.2) is 41.9 Å². The number of benzene rings is 1. The van der Waals surface area contributed by atoms with Gasteiger partial charge in [0.2, 0.25) is 0 Å². The molecule has 1 fully saturated rings. The standard InChI is InChI=1S/C21H34N4O.HI/c1-4-6-7-11-24(3)21(22-5-2)23-17-19-9-8-10-20(16-19)18-25-12-14-26-15-13-25;/h4,8-10,16H,1,5-7,11-15,17-18H2,2-3H3,(H,22,23);1H. The summed E-state index contributed by atoms with van der Waals surface area (Å²) in [5.41, 5.74) is 2.61. The molecule has 2 rings (SSSR count). The third-order valence-corrected chi connectivity index (χ3v) is 4.51. The molecule has 1 N–H and O–H groups in total. The van der Waals surface area contributed by atoms with Crippen LogP contribution in [0.4, 0.5) is 0 Å². The molecule has 1 heterocycles. The highest BCUT2D eigenvalue weighted by Gasteiger charge is 2.11. The minimum atomic E-state index is 0. The average molecular weight is 486 g/mol. The van der Waals surface area contributed by atoms with Gasteiger partial charge in [-0.2, -0.15) is 0 Å². The van der Waals surface area contributed by atoms with Crippen molar-refractivity contribution in [1.82, 2.24) is 15.1 Å². The maximum Gasteiger partial charge on any atom is 0.193 e. The Morgan fingerprint density at radius 1 is 1.33 bits per heavy atom.